The van der Waals surface area contributed by atoms with E-state index in [9.17, 15) is 0 Å². The van der Waals surface area contributed by atoms with Crippen molar-refractivity contribution < 1.29 is 4.42 Å². The minimum atomic E-state index is 0.252. The summed E-state index contributed by atoms with van der Waals surface area (Å²) in [5.74, 6) is 1.09. The van der Waals surface area contributed by atoms with E-state index in [2.05, 4.69) is 37.6 Å². The van der Waals surface area contributed by atoms with E-state index in [4.69, 9.17) is 4.42 Å². The van der Waals surface area contributed by atoms with Gasteiger partial charge >= 0.3 is 0 Å². The van der Waals surface area contributed by atoms with Gasteiger partial charge in [-0.25, -0.2) is 4.98 Å². The predicted molar refractivity (Wildman–Crippen MR) is 62.3 cm³/mol. The van der Waals surface area contributed by atoms with Crippen LogP contribution in [-0.4, -0.2) is 27.5 Å². The van der Waals surface area contributed by atoms with Gasteiger partial charge in [-0.2, -0.15) is 0 Å². The molecule has 3 atom stereocenters. The van der Waals surface area contributed by atoms with Crippen molar-refractivity contribution >= 4 is 0 Å². The molecule has 1 aliphatic carbocycles. The molecule has 3 rings (SSSR count). The van der Waals surface area contributed by atoms with Gasteiger partial charge in [0, 0.05) is 23.0 Å². The molecule has 1 aromatic heterocycles. The molecule has 0 aromatic carbocycles. The highest BCUT2D eigenvalue weighted by Crippen LogP contribution is 2.62. The van der Waals surface area contributed by atoms with Crippen molar-refractivity contribution in [3.8, 4) is 0 Å². The Morgan fingerprint density at radius 1 is 1.44 bits per heavy atom. The van der Waals surface area contributed by atoms with E-state index < -0.39 is 0 Å². The maximum Gasteiger partial charge on any atom is 0.180 e. The van der Waals surface area contributed by atoms with Crippen LogP contribution in [0.5, 0.6) is 0 Å². The number of piperidine rings is 1. The molecule has 2 heterocycles. The molecule has 0 unspecified atom stereocenters. The fourth-order valence-electron chi connectivity index (χ4n) is 3.76. The molecule has 1 aromatic rings. The molecular weight excluding hydrogens is 200 g/mol. The van der Waals surface area contributed by atoms with Gasteiger partial charge in [0.15, 0.2) is 6.39 Å². The lowest BCUT2D eigenvalue weighted by Gasteiger charge is -2.37. The van der Waals surface area contributed by atoms with Crippen molar-refractivity contribution in [3.05, 3.63) is 18.4 Å². The third-order valence-corrected chi connectivity index (χ3v) is 4.20. The number of oxazole rings is 1. The summed E-state index contributed by atoms with van der Waals surface area (Å²) in [6.45, 7) is 9.24. The number of rotatable bonds is 1. The van der Waals surface area contributed by atoms with Crippen molar-refractivity contribution in [1.29, 1.82) is 0 Å². The van der Waals surface area contributed by atoms with Gasteiger partial charge in [-0.05, 0) is 40.5 Å². The molecule has 0 bridgehead atoms. The lowest BCUT2D eigenvalue weighted by atomic mass is 9.97. The van der Waals surface area contributed by atoms with Crippen molar-refractivity contribution in [2.75, 3.05) is 0 Å². The van der Waals surface area contributed by atoms with Gasteiger partial charge in [0.05, 0.1) is 6.20 Å². The van der Waals surface area contributed by atoms with E-state index in [0.29, 0.717) is 12.1 Å². The normalized spacial score (nSPS) is 38.8. The van der Waals surface area contributed by atoms with Crippen molar-refractivity contribution in [3.63, 3.8) is 0 Å². The first-order valence-electron chi connectivity index (χ1n) is 6.12. The van der Waals surface area contributed by atoms with E-state index in [1.807, 2.05) is 6.20 Å². The SMILES string of the molecule is C[C@@H]1C[C@@]2(c3cnco3)C[C@H]2N1C(C)(C)C. The molecule has 3 nitrogen and oxygen atoms in total. The minimum Gasteiger partial charge on any atom is -0.448 e. The summed E-state index contributed by atoms with van der Waals surface area (Å²) in [6, 6.07) is 1.30. The van der Waals surface area contributed by atoms with E-state index >= 15 is 0 Å². The summed E-state index contributed by atoms with van der Waals surface area (Å²) in [4.78, 5) is 6.71. The highest BCUT2D eigenvalue weighted by atomic mass is 16.3. The fourth-order valence-corrected chi connectivity index (χ4v) is 3.76. The molecule has 88 valence electrons. The average molecular weight is 220 g/mol. The Bertz CT molecular complexity index is 393. The van der Waals surface area contributed by atoms with Crippen LogP contribution in [0.15, 0.2) is 17.0 Å². The van der Waals surface area contributed by atoms with Crippen LogP contribution in [0.3, 0.4) is 0 Å². The number of hydrogen-bond acceptors (Lipinski definition) is 3. The molecule has 3 heteroatoms. The minimum absolute atomic E-state index is 0.252. The van der Waals surface area contributed by atoms with E-state index in [1.54, 1.807) is 6.39 Å². The Kier molecular flexibility index (Phi) is 1.87. The van der Waals surface area contributed by atoms with Gasteiger partial charge in [0.2, 0.25) is 0 Å². The van der Waals surface area contributed by atoms with Gasteiger partial charge < -0.3 is 4.42 Å². The van der Waals surface area contributed by atoms with Crippen LogP contribution in [0.2, 0.25) is 0 Å². The molecule has 0 amide bonds. The summed E-state index contributed by atoms with van der Waals surface area (Å²) in [5.41, 5.74) is 0.533. The standard InChI is InChI=1S/C13H20N2O/c1-9-5-13(11-7-14-8-16-11)6-10(13)15(9)12(2,3)4/h7-10H,5-6H2,1-4H3/t9-,10-,13-/m1/s1. The number of nitrogens with zero attached hydrogens (tertiary/aromatic N) is 2. The molecular formula is C13H20N2O. The largest absolute Gasteiger partial charge is 0.448 e. The van der Waals surface area contributed by atoms with Crippen LogP contribution in [0.4, 0.5) is 0 Å². The molecule has 16 heavy (non-hydrogen) atoms. The molecule has 1 aliphatic heterocycles. The topological polar surface area (TPSA) is 29.3 Å². The lowest BCUT2D eigenvalue weighted by Crippen LogP contribution is -2.45. The zero-order valence-corrected chi connectivity index (χ0v) is 10.5. The summed E-state index contributed by atoms with van der Waals surface area (Å²) >= 11 is 0. The highest BCUT2D eigenvalue weighted by molar-refractivity contribution is 5.33. The third kappa shape index (κ3) is 1.21. The van der Waals surface area contributed by atoms with Gasteiger partial charge in [-0.3, -0.25) is 4.90 Å². The Morgan fingerprint density at radius 3 is 2.69 bits per heavy atom. The molecule has 0 N–H and O–H groups in total. The van der Waals surface area contributed by atoms with Crippen LogP contribution in [0.25, 0.3) is 0 Å². The summed E-state index contributed by atoms with van der Waals surface area (Å²) in [7, 11) is 0. The quantitative estimate of drug-likeness (QED) is 0.728. The van der Waals surface area contributed by atoms with Crippen LogP contribution in [0, 0.1) is 0 Å². The molecule has 2 aliphatic rings. The number of fused-ring (bicyclic) bond motifs is 1. The molecule has 1 saturated carbocycles. The summed E-state index contributed by atoms with van der Waals surface area (Å²) < 4.78 is 5.53. The van der Waals surface area contributed by atoms with Crippen molar-refractivity contribution in [2.24, 2.45) is 0 Å². The van der Waals surface area contributed by atoms with Crippen LogP contribution >= 0.6 is 0 Å². The second-order valence-electron chi connectivity index (χ2n) is 6.37. The third-order valence-electron chi connectivity index (χ3n) is 4.20. The van der Waals surface area contributed by atoms with Crippen LogP contribution in [-0.2, 0) is 5.41 Å². The van der Waals surface area contributed by atoms with Gasteiger partial charge in [-0.15, -0.1) is 0 Å². The molecule has 2 fully saturated rings. The fraction of sp³-hybridized carbons (Fsp3) is 0.769. The molecule has 1 saturated heterocycles. The van der Waals surface area contributed by atoms with Gasteiger partial charge in [-0.1, -0.05) is 0 Å². The lowest BCUT2D eigenvalue weighted by molar-refractivity contribution is 0.104. The second-order valence-corrected chi connectivity index (χ2v) is 6.37. The first-order valence-corrected chi connectivity index (χ1v) is 6.12. The summed E-state index contributed by atoms with van der Waals surface area (Å²) in [6.07, 6.45) is 5.91. The zero-order valence-electron chi connectivity index (χ0n) is 10.5. The maximum atomic E-state index is 5.53. The first kappa shape index (κ1) is 10.3. The van der Waals surface area contributed by atoms with Crippen molar-refractivity contribution in [1.82, 2.24) is 9.88 Å². The average Bonchev–Trinajstić information content (AvgIpc) is 2.64. The predicted octanol–water partition coefficient (Wildman–Crippen LogP) is 2.58. The first-order chi connectivity index (χ1) is 7.45. The second kappa shape index (κ2) is 2.89. The molecule has 0 spiro atoms. The highest BCUT2D eigenvalue weighted by Gasteiger charge is 2.67. The zero-order chi connectivity index (χ0) is 11.6. The maximum absolute atomic E-state index is 5.53. The van der Waals surface area contributed by atoms with Gasteiger partial charge in [0.1, 0.15) is 5.76 Å². The Labute approximate surface area is 96.8 Å². The monoisotopic (exact) mass is 220 g/mol. The van der Waals surface area contributed by atoms with Gasteiger partial charge in [0.25, 0.3) is 0 Å². The Morgan fingerprint density at radius 2 is 2.19 bits per heavy atom. The molecule has 0 radical (unpaired) electrons. The van der Waals surface area contributed by atoms with E-state index in [0.717, 1.165) is 5.76 Å². The van der Waals surface area contributed by atoms with Crippen molar-refractivity contribution in [2.45, 2.75) is 63.6 Å². The number of hydrogen-bond donors (Lipinski definition) is 0. The van der Waals surface area contributed by atoms with Crippen LogP contribution in [0.1, 0.15) is 46.3 Å². The number of likely N-dealkylation sites (tertiary alicyclic amines) is 1. The Balaban J connectivity index is 1.92. The number of aromatic nitrogens is 1. The van der Waals surface area contributed by atoms with E-state index in [-0.39, 0.29) is 11.0 Å². The Hall–Kier alpha value is -0.830. The van der Waals surface area contributed by atoms with E-state index in [1.165, 1.54) is 12.8 Å². The summed E-state index contributed by atoms with van der Waals surface area (Å²) in [5, 5.41) is 0. The van der Waals surface area contributed by atoms with Crippen LogP contribution < -0.4 is 0 Å². The smallest absolute Gasteiger partial charge is 0.180 e.